The van der Waals surface area contributed by atoms with E-state index in [1.165, 1.54) is 61.8 Å². The fourth-order valence-electron chi connectivity index (χ4n) is 3.26. The topological polar surface area (TPSA) is 34.5 Å². The van der Waals surface area contributed by atoms with Gasteiger partial charge >= 0.3 is 0 Å². The summed E-state index contributed by atoms with van der Waals surface area (Å²) in [5.41, 5.74) is 3.81. The van der Waals surface area contributed by atoms with Gasteiger partial charge in [0.1, 0.15) is 6.10 Å². The summed E-state index contributed by atoms with van der Waals surface area (Å²) < 4.78 is 6.21. The summed E-state index contributed by atoms with van der Waals surface area (Å²) in [5, 5.41) is 0. The van der Waals surface area contributed by atoms with Gasteiger partial charge in [-0.2, -0.15) is 0 Å². The molecule has 3 aliphatic rings. The molecule has 2 aliphatic carbocycles. The molecule has 0 bridgehead atoms. The van der Waals surface area contributed by atoms with Crippen molar-refractivity contribution in [2.75, 3.05) is 0 Å². The second-order valence-corrected chi connectivity index (χ2v) is 6.00. The lowest BCUT2D eigenvalue weighted by atomic mass is 9.97. The Kier molecular flexibility index (Phi) is 2.78. The zero-order valence-electron chi connectivity index (χ0n) is 11.3. The smallest absolute Gasteiger partial charge is 0.223 e. The van der Waals surface area contributed by atoms with Gasteiger partial charge in [-0.05, 0) is 50.2 Å². The standard InChI is InChI=1S/C16H20N2O/c1-2-4-13(5-3-1)19-16-14-12(8-9-17-16)10-18-15(14)11-6-7-11/h8-9,11,13H,1-7,10H2. The highest BCUT2D eigenvalue weighted by Crippen LogP contribution is 2.40. The van der Waals surface area contributed by atoms with E-state index in [-0.39, 0.29) is 0 Å². The van der Waals surface area contributed by atoms with Crippen LogP contribution in [-0.2, 0) is 6.54 Å². The third-order valence-corrected chi connectivity index (χ3v) is 4.47. The molecule has 2 heterocycles. The molecule has 2 fully saturated rings. The first-order chi connectivity index (χ1) is 9.42. The second kappa shape index (κ2) is 4.62. The summed E-state index contributed by atoms with van der Waals surface area (Å²) in [6.07, 6.45) is 11.1. The van der Waals surface area contributed by atoms with Crippen molar-refractivity contribution in [2.24, 2.45) is 10.9 Å². The maximum Gasteiger partial charge on any atom is 0.223 e. The normalized spacial score (nSPS) is 23.1. The van der Waals surface area contributed by atoms with Crippen LogP contribution in [0.4, 0.5) is 0 Å². The molecule has 4 rings (SSSR count). The van der Waals surface area contributed by atoms with Gasteiger partial charge in [0.25, 0.3) is 0 Å². The third-order valence-electron chi connectivity index (χ3n) is 4.47. The van der Waals surface area contributed by atoms with E-state index >= 15 is 0 Å². The quantitative estimate of drug-likeness (QED) is 0.829. The first-order valence-corrected chi connectivity index (χ1v) is 7.61. The largest absolute Gasteiger partial charge is 0.474 e. The van der Waals surface area contributed by atoms with Gasteiger partial charge in [0.15, 0.2) is 0 Å². The number of hydrogen-bond acceptors (Lipinski definition) is 3. The molecular weight excluding hydrogens is 236 g/mol. The van der Waals surface area contributed by atoms with Crippen molar-refractivity contribution >= 4 is 5.71 Å². The van der Waals surface area contributed by atoms with E-state index in [0.29, 0.717) is 12.0 Å². The van der Waals surface area contributed by atoms with Crippen molar-refractivity contribution in [1.82, 2.24) is 4.98 Å². The van der Waals surface area contributed by atoms with Gasteiger partial charge < -0.3 is 4.74 Å². The van der Waals surface area contributed by atoms with Crippen molar-refractivity contribution < 1.29 is 4.74 Å². The minimum Gasteiger partial charge on any atom is -0.474 e. The van der Waals surface area contributed by atoms with Crippen molar-refractivity contribution in [3.05, 3.63) is 23.4 Å². The van der Waals surface area contributed by atoms with Crippen LogP contribution < -0.4 is 4.74 Å². The van der Waals surface area contributed by atoms with E-state index in [0.717, 1.165) is 12.4 Å². The van der Waals surface area contributed by atoms with Crippen molar-refractivity contribution in [1.29, 1.82) is 0 Å². The summed E-state index contributed by atoms with van der Waals surface area (Å²) >= 11 is 0. The van der Waals surface area contributed by atoms with Gasteiger partial charge in [-0.15, -0.1) is 0 Å². The molecule has 0 atom stereocenters. The highest BCUT2D eigenvalue weighted by Gasteiger charge is 2.35. The average Bonchev–Trinajstić information content (AvgIpc) is 3.20. The summed E-state index contributed by atoms with van der Waals surface area (Å²) in [6, 6.07) is 2.10. The van der Waals surface area contributed by atoms with Crippen LogP contribution in [0.25, 0.3) is 0 Å². The van der Waals surface area contributed by atoms with Gasteiger partial charge in [0, 0.05) is 12.1 Å². The molecular formula is C16H20N2O. The number of rotatable bonds is 3. The number of pyridine rings is 1. The summed E-state index contributed by atoms with van der Waals surface area (Å²) in [5.74, 6) is 1.53. The Morgan fingerprint density at radius 1 is 1.05 bits per heavy atom. The molecule has 0 aromatic carbocycles. The third kappa shape index (κ3) is 2.15. The fourth-order valence-corrected chi connectivity index (χ4v) is 3.26. The Morgan fingerprint density at radius 3 is 2.68 bits per heavy atom. The van der Waals surface area contributed by atoms with Crippen LogP contribution in [0.2, 0.25) is 0 Å². The molecule has 1 aromatic heterocycles. The monoisotopic (exact) mass is 256 g/mol. The number of aliphatic imine (C=N–C) groups is 1. The molecule has 0 N–H and O–H groups in total. The number of fused-ring (bicyclic) bond motifs is 1. The maximum absolute atomic E-state index is 6.21. The summed E-state index contributed by atoms with van der Waals surface area (Å²) in [4.78, 5) is 9.22. The Hall–Kier alpha value is -1.38. The molecule has 0 spiro atoms. The van der Waals surface area contributed by atoms with Crippen molar-refractivity contribution in [3.8, 4) is 5.88 Å². The number of aromatic nitrogens is 1. The van der Waals surface area contributed by atoms with Crippen LogP contribution in [0.3, 0.4) is 0 Å². The van der Waals surface area contributed by atoms with E-state index < -0.39 is 0 Å². The maximum atomic E-state index is 6.21. The molecule has 19 heavy (non-hydrogen) atoms. The van der Waals surface area contributed by atoms with E-state index in [4.69, 9.17) is 9.73 Å². The second-order valence-electron chi connectivity index (χ2n) is 6.00. The van der Waals surface area contributed by atoms with Crippen LogP contribution in [0.5, 0.6) is 5.88 Å². The Morgan fingerprint density at radius 2 is 1.89 bits per heavy atom. The van der Waals surface area contributed by atoms with Crippen molar-refractivity contribution in [3.63, 3.8) is 0 Å². The van der Waals surface area contributed by atoms with Gasteiger partial charge in [-0.3, -0.25) is 4.99 Å². The van der Waals surface area contributed by atoms with E-state index in [1.807, 2.05) is 6.20 Å². The van der Waals surface area contributed by atoms with Crippen LogP contribution in [-0.4, -0.2) is 16.8 Å². The van der Waals surface area contributed by atoms with E-state index in [1.54, 1.807) is 0 Å². The molecule has 0 amide bonds. The Bertz CT molecular complexity index is 513. The number of hydrogen-bond donors (Lipinski definition) is 0. The molecule has 1 aliphatic heterocycles. The van der Waals surface area contributed by atoms with Crippen LogP contribution in [0.15, 0.2) is 17.3 Å². The van der Waals surface area contributed by atoms with Gasteiger partial charge in [0.2, 0.25) is 5.88 Å². The number of ether oxygens (including phenoxy) is 1. The lowest BCUT2D eigenvalue weighted by molar-refractivity contribution is 0.148. The van der Waals surface area contributed by atoms with Gasteiger partial charge in [-0.1, -0.05) is 6.42 Å². The van der Waals surface area contributed by atoms with Crippen LogP contribution in [0, 0.1) is 5.92 Å². The predicted octanol–water partition coefficient (Wildman–Crippen LogP) is 3.51. The van der Waals surface area contributed by atoms with Gasteiger partial charge in [0.05, 0.1) is 17.8 Å². The van der Waals surface area contributed by atoms with Crippen LogP contribution in [0.1, 0.15) is 56.1 Å². The molecule has 100 valence electrons. The van der Waals surface area contributed by atoms with Crippen LogP contribution >= 0.6 is 0 Å². The zero-order valence-corrected chi connectivity index (χ0v) is 11.3. The SMILES string of the molecule is c1cc2c(c(OC3CCCCC3)n1)C(C1CC1)=NC2. The molecule has 1 aromatic rings. The molecule has 3 nitrogen and oxygen atoms in total. The molecule has 2 saturated carbocycles. The lowest BCUT2D eigenvalue weighted by Crippen LogP contribution is -2.21. The summed E-state index contributed by atoms with van der Waals surface area (Å²) in [7, 11) is 0. The van der Waals surface area contributed by atoms with E-state index in [2.05, 4.69) is 11.1 Å². The first-order valence-electron chi connectivity index (χ1n) is 7.61. The summed E-state index contributed by atoms with van der Waals surface area (Å²) in [6.45, 7) is 0.824. The minimum atomic E-state index is 0.369. The van der Waals surface area contributed by atoms with E-state index in [9.17, 15) is 0 Å². The molecule has 0 unspecified atom stereocenters. The molecule has 0 saturated heterocycles. The highest BCUT2D eigenvalue weighted by atomic mass is 16.5. The molecule has 0 radical (unpaired) electrons. The van der Waals surface area contributed by atoms with Crippen molar-refractivity contribution in [2.45, 2.75) is 57.6 Å². The average molecular weight is 256 g/mol. The highest BCUT2D eigenvalue weighted by molar-refractivity contribution is 6.08. The lowest BCUT2D eigenvalue weighted by Gasteiger charge is -2.23. The Balaban J connectivity index is 1.61. The van der Waals surface area contributed by atoms with Gasteiger partial charge in [-0.25, -0.2) is 4.98 Å². The number of nitrogens with zero attached hydrogens (tertiary/aromatic N) is 2. The minimum absolute atomic E-state index is 0.369. The Labute approximate surface area is 114 Å². The zero-order chi connectivity index (χ0) is 12.7. The predicted molar refractivity (Wildman–Crippen MR) is 74.7 cm³/mol. The fraction of sp³-hybridized carbons (Fsp3) is 0.625. The first kappa shape index (κ1) is 11.4. The molecule has 3 heteroatoms.